The first kappa shape index (κ1) is 25.7. The van der Waals surface area contributed by atoms with E-state index >= 15 is 0 Å². The monoisotopic (exact) mass is 558 g/mol. The topological polar surface area (TPSA) is 86.2 Å². The summed E-state index contributed by atoms with van der Waals surface area (Å²) in [6, 6.07) is 29.9. The van der Waals surface area contributed by atoms with Crippen LogP contribution in [0.3, 0.4) is 0 Å². The summed E-state index contributed by atoms with van der Waals surface area (Å²) >= 11 is 3.41. The van der Waals surface area contributed by atoms with Crippen LogP contribution in [0.2, 0.25) is 0 Å². The van der Waals surface area contributed by atoms with Gasteiger partial charge in [0.15, 0.2) is 0 Å². The van der Waals surface area contributed by atoms with Crippen LogP contribution in [0.5, 0.6) is 17.2 Å². The average Bonchev–Trinajstić information content (AvgIpc) is 2.91. The Hall–Kier alpha value is -4.43. The summed E-state index contributed by atoms with van der Waals surface area (Å²) in [6.45, 7) is 1.90. The number of ether oxygens (including phenoxy) is 3. The Morgan fingerprint density at radius 2 is 1.49 bits per heavy atom. The molecule has 0 saturated carbocycles. The quantitative estimate of drug-likeness (QED) is 0.0906. The van der Waals surface area contributed by atoms with Gasteiger partial charge in [0.25, 0.3) is 0 Å². The lowest BCUT2D eigenvalue weighted by Gasteiger charge is -2.18. The lowest BCUT2D eigenvalue weighted by atomic mass is 10.1. The number of aryl methyl sites for hydroxylation is 1. The van der Waals surface area contributed by atoms with E-state index in [2.05, 4.69) is 26.5 Å². The number of nitrogens with one attached hydrogen (secondary N) is 1. The zero-order valence-electron chi connectivity index (χ0n) is 19.8. The van der Waals surface area contributed by atoms with Crippen molar-refractivity contribution in [2.24, 2.45) is 5.10 Å². The second-order valence-corrected chi connectivity index (χ2v) is 8.78. The number of hydrazone groups is 1. The number of carbonyl (C=O) groups is 2. The Kier molecular flexibility index (Phi) is 8.67. The van der Waals surface area contributed by atoms with Crippen LogP contribution in [0, 0.1) is 6.92 Å². The number of benzene rings is 4. The molecule has 4 rings (SSSR count). The van der Waals surface area contributed by atoms with E-state index in [0.29, 0.717) is 22.6 Å². The molecule has 0 unspecified atom stereocenters. The minimum atomic E-state index is -1.30. The number of carbonyl (C=O) groups excluding carboxylic acids is 2. The summed E-state index contributed by atoms with van der Waals surface area (Å²) in [5.41, 5.74) is 4.28. The molecule has 7 nitrogen and oxygen atoms in total. The molecule has 186 valence electrons. The van der Waals surface area contributed by atoms with E-state index in [0.717, 1.165) is 10.0 Å². The molecule has 1 N–H and O–H groups in total. The molecule has 0 atom stereocenters. The number of amides is 1. The predicted octanol–water partition coefficient (Wildman–Crippen LogP) is 5.91. The van der Waals surface area contributed by atoms with Crippen molar-refractivity contribution in [2.45, 2.75) is 13.2 Å². The van der Waals surface area contributed by atoms with Gasteiger partial charge in [0.2, 0.25) is 0 Å². The first-order valence-corrected chi connectivity index (χ1v) is 12.1. The molecular formula is C29H23BrN2O5. The molecule has 0 aliphatic carbocycles. The largest absolute Gasteiger partial charge is 0.446 e. The molecule has 8 heteroatoms. The lowest BCUT2D eigenvalue weighted by Crippen LogP contribution is -2.40. The van der Waals surface area contributed by atoms with Gasteiger partial charge in [-0.3, -0.25) is 4.79 Å². The Morgan fingerprint density at radius 3 is 2.11 bits per heavy atom. The number of nitrogens with zero attached hydrogens (tertiary/aromatic N) is 1. The van der Waals surface area contributed by atoms with Gasteiger partial charge in [-0.15, -0.1) is 0 Å². The van der Waals surface area contributed by atoms with Crippen molar-refractivity contribution in [1.29, 1.82) is 0 Å². The molecule has 1 amide bonds. The number of rotatable bonds is 9. The van der Waals surface area contributed by atoms with Crippen LogP contribution in [-0.2, 0) is 4.79 Å². The molecule has 0 saturated heterocycles. The Balaban J connectivity index is 1.48. The van der Waals surface area contributed by atoms with E-state index in [-0.39, 0.29) is 5.75 Å². The highest BCUT2D eigenvalue weighted by Gasteiger charge is 2.22. The lowest BCUT2D eigenvalue weighted by molar-refractivity contribution is -0.140. The van der Waals surface area contributed by atoms with Gasteiger partial charge in [0.05, 0.1) is 11.8 Å². The highest BCUT2D eigenvalue weighted by molar-refractivity contribution is 9.10. The third kappa shape index (κ3) is 7.52. The van der Waals surface area contributed by atoms with E-state index in [1.54, 1.807) is 84.9 Å². The highest BCUT2D eigenvalue weighted by atomic mass is 79.9. The van der Waals surface area contributed by atoms with Gasteiger partial charge in [-0.25, -0.2) is 10.2 Å². The maximum Gasteiger partial charge on any atom is 0.343 e. The molecule has 0 fully saturated rings. The fourth-order valence-corrected chi connectivity index (χ4v) is 3.62. The van der Waals surface area contributed by atoms with Gasteiger partial charge in [0.1, 0.15) is 17.2 Å². The second kappa shape index (κ2) is 12.5. The van der Waals surface area contributed by atoms with Gasteiger partial charge in [0, 0.05) is 10.0 Å². The summed E-state index contributed by atoms with van der Waals surface area (Å²) in [7, 11) is 0. The average molecular weight is 559 g/mol. The van der Waals surface area contributed by atoms with E-state index in [1.165, 1.54) is 6.21 Å². The summed E-state index contributed by atoms with van der Waals surface area (Å²) in [5.74, 6) is 0.0691. The van der Waals surface area contributed by atoms with Crippen molar-refractivity contribution < 1.29 is 23.8 Å². The van der Waals surface area contributed by atoms with E-state index in [4.69, 9.17) is 14.2 Å². The second-order valence-electron chi connectivity index (χ2n) is 7.87. The molecule has 0 radical (unpaired) electrons. The highest BCUT2D eigenvalue weighted by Crippen LogP contribution is 2.23. The van der Waals surface area contributed by atoms with Crippen LogP contribution in [0.15, 0.2) is 113 Å². The smallest absolute Gasteiger partial charge is 0.343 e. The van der Waals surface area contributed by atoms with Gasteiger partial charge in [-0.1, -0.05) is 70.0 Å². The first-order valence-electron chi connectivity index (χ1n) is 11.3. The Bertz CT molecular complexity index is 1350. The molecular weight excluding hydrogens is 536 g/mol. The van der Waals surface area contributed by atoms with Crippen molar-refractivity contribution in [2.75, 3.05) is 0 Å². The molecule has 4 aromatic rings. The number of esters is 1. The van der Waals surface area contributed by atoms with E-state index in [1.807, 2.05) is 25.1 Å². The number of hydrogen-bond donors (Lipinski definition) is 1. The normalized spacial score (nSPS) is 10.8. The number of hydrogen-bond acceptors (Lipinski definition) is 6. The molecule has 0 heterocycles. The molecule has 0 aliphatic rings. The van der Waals surface area contributed by atoms with Crippen LogP contribution in [0.4, 0.5) is 0 Å². The van der Waals surface area contributed by atoms with Crippen molar-refractivity contribution >= 4 is 34.0 Å². The molecule has 0 aliphatic heterocycles. The van der Waals surface area contributed by atoms with Crippen LogP contribution in [-0.4, -0.2) is 24.4 Å². The molecule has 37 heavy (non-hydrogen) atoms. The van der Waals surface area contributed by atoms with Gasteiger partial charge >= 0.3 is 18.2 Å². The summed E-state index contributed by atoms with van der Waals surface area (Å²) < 4.78 is 17.8. The number of para-hydroxylation sites is 2. The molecule has 0 aromatic heterocycles. The standard InChI is InChI=1S/C29H23BrN2O5/c1-20-9-8-10-21(17-20)28(34)37-26-16-15-23(30)18-22(26)19-31-32-27(33)29(35-24-11-4-2-5-12-24)36-25-13-6-3-7-14-25/h2-19,29H,1H3,(H,32,33)/b31-19-. The van der Waals surface area contributed by atoms with E-state index in [9.17, 15) is 9.59 Å². The van der Waals surface area contributed by atoms with Crippen LogP contribution < -0.4 is 19.6 Å². The fraction of sp³-hybridized carbons (Fsp3) is 0.0690. The van der Waals surface area contributed by atoms with Gasteiger partial charge in [-0.2, -0.15) is 5.10 Å². The molecule has 0 bridgehead atoms. The minimum absolute atomic E-state index is 0.283. The predicted molar refractivity (Wildman–Crippen MR) is 144 cm³/mol. The van der Waals surface area contributed by atoms with Crippen molar-refractivity contribution in [3.8, 4) is 17.2 Å². The summed E-state index contributed by atoms with van der Waals surface area (Å²) in [4.78, 5) is 25.6. The van der Waals surface area contributed by atoms with Crippen molar-refractivity contribution in [3.05, 3.63) is 124 Å². The molecule has 4 aromatic carbocycles. The van der Waals surface area contributed by atoms with Crippen molar-refractivity contribution in [3.63, 3.8) is 0 Å². The summed E-state index contributed by atoms with van der Waals surface area (Å²) in [5, 5.41) is 4.04. The van der Waals surface area contributed by atoms with Crippen molar-refractivity contribution in [1.82, 2.24) is 5.43 Å². The van der Waals surface area contributed by atoms with Crippen LogP contribution >= 0.6 is 15.9 Å². The molecule has 0 spiro atoms. The van der Waals surface area contributed by atoms with E-state index < -0.39 is 18.2 Å². The Labute approximate surface area is 222 Å². The third-order valence-corrected chi connectivity index (χ3v) is 5.49. The SMILES string of the molecule is Cc1cccc(C(=O)Oc2ccc(Br)cc2/C=N\NC(=O)C(Oc2ccccc2)Oc2ccccc2)c1. The maximum absolute atomic E-state index is 12.9. The Morgan fingerprint density at radius 1 is 0.838 bits per heavy atom. The van der Waals surface area contributed by atoms with Gasteiger partial charge in [-0.05, 0) is 61.5 Å². The third-order valence-electron chi connectivity index (χ3n) is 4.99. The summed E-state index contributed by atoms with van der Waals surface area (Å²) in [6.07, 6.45) is 0.0759. The zero-order valence-corrected chi connectivity index (χ0v) is 21.4. The zero-order chi connectivity index (χ0) is 26.0. The van der Waals surface area contributed by atoms with Crippen LogP contribution in [0.1, 0.15) is 21.5 Å². The minimum Gasteiger partial charge on any atom is -0.446 e. The fourth-order valence-electron chi connectivity index (χ4n) is 3.24. The van der Waals surface area contributed by atoms with Gasteiger partial charge < -0.3 is 14.2 Å². The number of halogens is 1. The van der Waals surface area contributed by atoms with Crippen LogP contribution in [0.25, 0.3) is 0 Å². The maximum atomic E-state index is 12.9. The first-order chi connectivity index (χ1) is 18.0.